The first-order valence-electron chi connectivity index (χ1n) is 4.87. The number of nitrogens with zero attached hydrogens (tertiary/aromatic N) is 1. The molecule has 5 heteroatoms. The minimum Gasteiger partial charge on any atom is -0.192 e. The molecule has 90 valence electrons. The molecule has 0 N–H and O–H groups in total. The molecule has 0 aromatic heterocycles. The minimum atomic E-state index is 0.345. The van der Waals surface area contributed by atoms with Crippen molar-refractivity contribution in [2.75, 3.05) is 0 Å². The van der Waals surface area contributed by atoms with E-state index in [2.05, 4.69) is 0 Å². The van der Waals surface area contributed by atoms with Crippen molar-refractivity contribution in [1.82, 2.24) is 0 Å². The van der Waals surface area contributed by atoms with Crippen molar-refractivity contribution >= 4 is 46.4 Å². The predicted octanol–water partition coefficient (Wildman–Crippen LogP) is 5.84. The van der Waals surface area contributed by atoms with E-state index in [1.54, 1.807) is 30.3 Å². The highest BCUT2D eigenvalue weighted by Gasteiger charge is 2.12. The third-order valence-corrected chi connectivity index (χ3v) is 3.73. The van der Waals surface area contributed by atoms with Crippen LogP contribution in [-0.4, -0.2) is 0 Å². The molecule has 0 bridgehead atoms. The maximum Gasteiger partial charge on any atom is 0.0991 e. The highest BCUT2D eigenvalue weighted by molar-refractivity contribution is 6.45. The number of benzene rings is 2. The van der Waals surface area contributed by atoms with Crippen LogP contribution in [0, 0.1) is 11.3 Å². The van der Waals surface area contributed by atoms with Crippen molar-refractivity contribution in [3.63, 3.8) is 0 Å². The van der Waals surface area contributed by atoms with Crippen LogP contribution in [0.3, 0.4) is 0 Å². The van der Waals surface area contributed by atoms with Gasteiger partial charge in [0.25, 0.3) is 0 Å². The van der Waals surface area contributed by atoms with Crippen LogP contribution >= 0.6 is 46.4 Å². The first kappa shape index (κ1) is 13.5. The molecule has 0 aliphatic carbocycles. The summed E-state index contributed by atoms with van der Waals surface area (Å²) in [5.41, 5.74) is 1.72. The van der Waals surface area contributed by atoms with Gasteiger partial charge in [-0.15, -0.1) is 0 Å². The summed E-state index contributed by atoms with van der Waals surface area (Å²) in [4.78, 5) is 0. The van der Waals surface area contributed by atoms with E-state index < -0.39 is 0 Å². The highest BCUT2D eigenvalue weighted by atomic mass is 35.5. The number of nitriles is 1. The van der Waals surface area contributed by atoms with Crippen molar-refractivity contribution in [3.8, 4) is 17.2 Å². The van der Waals surface area contributed by atoms with Crippen LogP contribution in [0.25, 0.3) is 11.1 Å². The number of rotatable bonds is 1. The fraction of sp³-hybridized carbons (Fsp3) is 0. The van der Waals surface area contributed by atoms with Crippen LogP contribution in [-0.2, 0) is 0 Å². The zero-order valence-corrected chi connectivity index (χ0v) is 11.9. The second kappa shape index (κ2) is 5.38. The van der Waals surface area contributed by atoms with Crippen LogP contribution in [0.2, 0.25) is 20.1 Å². The Bertz CT molecular complexity index is 659. The molecule has 0 saturated heterocycles. The Morgan fingerprint density at radius 3 is 2.22 bits per heavy atom. The van der Waals surface area contributed by atoms with E-state index in [0.717, 1.165) is 0 Å². The lowest BCUT2D eigenvalue weighted by atomic mass is 10.0. The van der Waals surface area contributed by atoms with Crippen molar-refractivity contribution in [1.29, 1.82) is 5.26 Å². The Balaban J connectivity index is 2.73. The van der Waals surface area contributed by atoms with Gasteiger partial charge in [0.15, 0.2) is 0 Å². The van der Waals surface area contributed by atoms with Gasteiger partial charge in [-0.05, 0) is 30.3 Å². The van der Waals surface area contributed by atoms with Gasteiger partial charge in [0.05, 0.1) is 21.7 Å². The third kappa shape index (κ3) is 2.58. The van der Waals surface area contributed by atoms with Gasteiger partial charge in [-0.1, -0.05) is 46.4 Å². The summed E-state index contributed by atoms with van der Waals surface area (Å²) in [7, 11) is 0. The maximum atomic E-state index is 8.90. The molecular formula is C13H5Cl4N. The predicted molar refractivity (Wildman–Crippen MR) is 76.6 cm³/mol. The molecule has 2 aromatic rings. The van der Waals surface area contributed by atoms with Gasteiger partial charge in [-0.2, -0.15) is 5.26 Å². The lowest BCUT2D eigenvalue weighted by molar-refractivity contribution is 1.48. The van der Waals surface area contributed by atoms with Crippen molar-refractivity contribution in [2.24, 2.45) is 0 Å². The SMILES string of the molecule is N#Cc1ccc(Cl)c(-c2cc(Cl)cc(Cl)c2Cl)c1. The molecule has 0 heterocycles. The first-order valence-corrected chi connectivity index (χ1v) is 6.38. The fourth-order valence-corrected chi connectivity index (χ4v) is 2.48. The number of halogens is 4. The van der Waals surface area contributed by atoms with Crippen LogP contribution < -0.4 is 0 Å². The summed E-state index contributed by atoms with van der Waals surface area (Å²) in [6.07, 6.45) is 0. The second-order valence-corrected chi connectivity index (χ2v) is 5.18. The molecule has 2 aromatic carbocycles. The Morgan fingerprint density at radius 1 is 0.833 bits per heavy atom. The zero-order valence-electron chi connectivity index (χ0n) is 8.85. The molecule has 0 fully saturated rings. The van der Waals surface area contributed by atoms with Crippen LogP contribution in [0.5, 0.6) is 0 Å². The summed E-state index contributed by atoms with van der Waals surface area (Å²) in [6.45, 7) is 0. The maximum absolute atomic E-state index is 8.90. The van der Waals surface area contributed by atoms with Crippen LogP contribution in [0.1, 0.15) is 5.56 Å². The first-order chi connectivity index (χ1) is 8.52. The fourth-order valence-electron chi connectivity index (χ4n) is 1.55. The molecule has 0 amide bonds. The van der Waals surface area contributed by atoms with Crippen molar-refractivity contribution in [3.05, 3.63) is 56.0 Å². The van der Waals surface area contributed by atoms with Crippen molar-refractivity contribution in [2.45, 2.75) is 0 Å². The Morgan fingerprint density at radius 2 is 1.56 bits per heavy atom. The van der Waals surface area contributed by atoms with Gasteiger partial charge in [0.1, 0.15) is 0 Å². The molecule has 0 aliphatic heterocycles. The Kier molecular flexibility index (Phi) is 4.04. The van der Waals surface area contributed by atoms with E-state index in [9.17, 15) is 0 Å². The zero-order chi connectivity index (χ0) is 13.3. The van der Waals surface area contributed by atoms with Crippen LogP contribution in [0.4, 0.5) is 0 Å². The van der Waals surface area contributed by atoms with E-state index in [4.69, 9.17) is 51.7 Å². The van der Waals surface area contributed by atoms with Gasteiger partial charge in [0.2, 0.25) is 0 Å². The third-order valence-electron chi connectivity index (χ3n) is 2.38. The molecule has 2 rings (SSSR count). The molecule has 0 aliphatic rings. The smallest absolute Gasteiger partial charge is 0.0991 e. The van der Waals surface area contributed by atoms with E-state index in [1.807, 2.05) is 6.07 Å². The monoisotopic (exact) mass is 315 g/mol. The quantitative estimate of drug-likeness (QED) is 0.606. The summed E-state index contributed by atoms with van der Waals surface area (Å²) in [5.74, 6) is 0. The second-order valence-electron chi connectivity index (χ2n) is 3.56. The van der Waals surface area contributed by atoms with Gasteiger partial charge >= 0.3 is 0 Å². The minimum absolute atomic E-state index is 0.345. The topological polar surface area (TPSA) is 23.8 Å². The molecule has 0 unspecified atom stereocenters. The van der Waals surface area contributed by atoms with Crippen LogP contribution in [0.15, 0.2) is 30.3 Å². The average molecular weight is 317 g/mol. The molecular weight excluding hydrogens is 312 g/mol. The standard InChI is InChI=1S/C13H5Cl4N/c14-8-4-10(13(17)12(16)5-8)9-3-7(6-18)1-2-11(9)15/h1-5H. The van der Waals surface area contributed by atoms with Gasteiger partial charge in [-0.25, -0.2) is 0 Å². The molecule has 0 radical (unpaired) electrons. The van der Waals surface area contributed by atoms with E-state index in [0.29, 0.717) is 36.8 Å². The van der Waals surface area contributed by atoms with E-state index >= 15 is 0 Å². The lowest BCUT2D eigenvalue weighted by Crippen LogP contribution is -1.85. The molecule has 0 atom stereocenters. The van der Waals surface area contributed by atoms with E-state index in [1.165, 1.54) is 0 Å². The number of hydrogen-bond donors (Lipinski definition) is 0. The van der Waals surface area contributed by atoms with Gasteiger partial charge in [0, 0.05) is 21.2 Å². The molecule has 1 nitrogen and oxygen atoms in total. The van der Waals surface area contributed by atoms with Gasteiger partial charge < -0.3 is 0 Å². The normalized spacial score (nSPS) is 10.2. The van der Waals surface area contributed by atoms with Crippen molar-refractivity contribution < 1.29 is 0 Å². The molecule has 0 spiro atoms. The summed E-state index contributed by atoms with van der Waals surface area (Å²) >= 11 is 24.2. The largest absolute Gasteiger partial charge is 0.192 e. The average Bonchev–Trinajstić information content (AvgIpc) is 2.34. The summed E-state index contributed by atoms with van der Waals surface area (Å²) in [6, 6.07) is 10.2. The Hall–Kier alpha value is -0.910. The lowest BCUT2D eigenvalue weighted by Gasteiger charge is -2.09. The Labute approximate surface area is 124 Å². The number of hydrogen-bond acceptors (Lipinski definition) is 1. The molecule has 18 heavy (non-hydrogen) atoms. The van der Waals surface area contributed by atoms with E-state index in [-0.39, 0.29) is 0 Å². The molecule has 0 saturated carbocycles. The van der Waals surface area contributed by atoms with Gasteiger partial charge in [-0.3, -0.25) is 0 Å². The summed E-state index contributed by atoms with van der Waals surface area (Å²) in [5, 5.41) is 10.5. The highest BCUT2D eigenvalue weighted by Crippen LogP contribution is 2.39. The summed E-state index contributed by atoms with van der Waals surface area (Å²) < 4.78 is 0.